The summed E-state index contributed by atoms with van der Waals surface area (Å²) < 4.78 is 0. The van der Waals surface area contributed by atoms with Crippen LogP contribution in [0.1, 0.15) is 44.0 Å². The number of H-pyrrole nitrogens is 1. The number of amides is 4. The lowest BCUT2D eigenvalue weighted by Gasteiger charge is -2.33. The van der Waals surface area contributed by atoms with Crippen molar-refractivity contribution in [3.63, 3.8) is 0 Å². The zero-order valence-corrected chi connectivity index (χ0v) is 24.6. The van der Waals surface area contributed by atoms with Crippen LogP contribution in [0.5, 0.6) is 0 Å². The Morgan fingerprint density at radius 1 is 1.07 bits per heavy atom. The van der Waals surface area contributed by atoms with E-state index in [-0.39, 0.29) is 44.8 Å². The third-order valence-electron chi connectivity index (χ3n) is 6.47. The Morgan fingerprint density at radius 3 is 2.55 bits per heavy atom. The number of anilines is 2. The third-order valence-corrected chi connectivity index (χ3v) is 7.10. The summed E-state index contributed by atoms with van der Waals surface area (Å²) in [4.78, 5) is 55.0. The van der Waals surface area contributed by atoms with Gasteiger partial charge in [0.15, 0.2) is 0 Å². The van der Waals surface area contributed by atoms with Gasteiger partial charge in [-0.15, -0.1) is 0 Å². The van der Waals surface area contributed by atoms with E-state index in [0.29, 0.717) is 43.7 Å². The standard InChI is InChI=1S/C29H31Cl2N7O4/c1-37(2)13-6-12-24(39)33-19-8-3-7-18(15-19)29(42)38-14-5-9-20(17-38)34-28(41)26-23(16-32-36-26)35-27(40)25-21(30)10-4-11-22(25)31/h3-4,6-8,10-12,15-16,20H,5,9,13-14,17H2,1-2H3,(H,32,36)(H,33,39)(H,34,41)(H,35,40)/t20-/m1/s1. The minimum atomic E-state index is -0.585. The van der Waals surface area contributed by atoms with E-state index >= 15 is 0 Å². The second-order valence-corrected chi connectivity index (χ2v) is 10.8. The number of aromatic nitrogens is 2. The van der Waals surface area contributed by atoms with Gasteiger partial charge < -0.3 is 25.8 Å². The Hall–Kier alpha value is -4.19. The first kappa shape index (κ1) is 30.8. The van der Waals surface area contributed by atoms with E-state index in [1.54, 1.807) is 53.4 Å². The number of piperidine rings is 1. The van der Waals surface area contributed by atoms with Crippen molar-refractivity contribution in [2.24, 2.45) is 0 Å². The van der Waals surface area contributed by atoms with E-state index < -0.39 is 11.8 Å². The number of hydrogen-bond acceptors (Lipinski definition) is 6. The predicted molar refractivity (Wildman–Crippen MR) is 162 cm³/mol. The molecule has 0 aliphatic carbocycles. The SMILES string of the molecule is CN(C)CC=CC(=O)Nc1cccc(C(=O)N2CCC[C@@H](NC(=O)c3[nH]ncc3NC(=O)c3c(Cl)cccc3Cl)C2)c1. The minimum absolute atomic E-state index is 0.0538. The first-order chi connectivity index (χ1) is 20.1. The maximum atomic E-state index is 13.3. The van der Waals surface area contributed by atoms with Crippen LogP contribution in [0.25, 0.3) is 0 Å². The molecule has 11 nitrogen and oxygen atoms in total. The number of likely N-dealkylation sites (tertiary alicyclic amines) is 1. The van der Waals surface area contributed by atoms with Gasteiger partial charge in [-0.2, -0.15) is 5.10 Å². The van der Waals surface area contributed by atoms with Gasteiger partial charge in [-0.05, 0) is 57.3 Å². The molecule has 4 rings (SSSR count). The van der Waals surface area contributed by atoms with Crippen molar-refractivity contribution < 1.29 is 19.2 Å². The van der Waals surface area contributed by atoms with Gasteiger partial charge in [0.1, 0.15) is 5.69 Å². The number of likely N-dealkylation sites (N-methyl/N-ethyl adjacent to an activating group) is 1. The normalized spacial score (nSPS) is 15.1. The number of halogens is 2. The van der Waals surface area contributed by atoms with Crippen molar-refractivity contribution in [1.29, 1.82) is 0 Å². The minimum Gasteiger partial charge on any atom is -0.346 e. The smallest absolute Gasteiger partial charge is 0.271 e. The Balaban J connectivity index is 1.37. The summed E-state index contributed by atoms with van der Waals surface area (Å²) in [6.07, 6.45) is 5.87. The Morgan fingerprint density at radius 2 is 1.81 bits per heavy atom. The number of nitrogens with zero attached hydrogens (tertiary/aromatic N) is 3. The van der Waals surface area contributed by atoms with Crippen LogP contribution >= 0.6 is 23.2 Å². The molecule has 0 unspecified atom stereocenters. The maximum absolute atomic E-state index is 13.3. The molecule has 1 aromatic heterocycles. The van der Waals surface area contributed by atoms with Gasteiger partial charge in [0.2, 0.25) is 5.91 Å². The van der Waals surface area contributed by atoms with Crippen LogP contribution in [-0.2, 0) is 4.79 Å². The molecule has 4 amide bonds. The summed E-state index contributed by atoms with van der Waals surface area (Å²) in [5.41, 5.74) is 1.23. The summed E-state index contributed by atoms with van der Waals surface area (Å²) in [5.74, 6) is -1.57. The summed E-state index contributed by atoms with van der Waals surface area (Å²) in [7, 11) is 3.81. The van der Waals surface area contributed by atoms with Crippen LogP contribution in [0, 0.1) is 0 Å². The molecule has 0 spiro atoms. The molecule has 0 saturated carbocycles. The van der Waals surface area contributed by atoms with Gasteiger partial charge in [-0.25, -0.2) is 0 Å². The monoisotopic (exact) mass is 611 g/mol. The fraction of sp³-hybridized carbons (Fsp3) is 0.276. The molecule has 13 heteroatoms. The zero-order valence-electron chi connectivity index (χ0n) is 23.1. The van der Waals surface area contributed by atoms with Crippen molar-refractivity contribution >= 4 is 58.2 Å². The zero-order chi connectivity index (χ0) is 30.2. The summed E-state index contributed by atoms with van der Waals surface area (Å²) in [6, 6.07) is 11.1. The van der Waals surface area contributed by atoms with Crippen LogP contribution in [0.15, 0.2) is 60.8 Å². The molecule has 1 saturated heterocycles. The fourth-order valence-electron chi connectivity index (χ4n) is 4.46. The molecule has 4 N–H and O–H groups in total. The number of benzene rings is 2. The van der Waals surface area contributed by atoms with Crippen molar-refractivity contribution in [1.82, 2.24) is 25.3 Å². The molecule has 0 bridgehead atoms. The van der Waals surface area contributed by atoms with E-state index in [2.05, 4.69) is 26.1 Å². The Labute approximate surface area is 253 Å². The topological polar surface area (TPSA) is 140 Å². The molecule has 3 aromatic rings. The number of hydrogen-bond donors (Lipinski definition) is 4. The van der Waals surface area contributed by atoms with Crippen LogP contribution in [-0.4, -0.2) is 83.4 Å². The lowest BCUT2D eigenvalue weighted by molar-refractivity contribution is -0.111. The molecular weight excluding hydrogens is 581 g/mol. The summed E-state index contributed by atoms with van der Waals surface area (Å²) >= 11 is 12.3. The lowest BCUT2D eigenvalue weighted by Crippen LogP contribution is -2.49. The molecule has 1 aliphatic rings. The van der Waals surface area contributed by atoms with Crippen LogP contribution < -0.4 is 16.0 Å². The van der Waals surface area contributed by atoms with Gasteiger partial charge in [0.25, 0.3) is 17.7 Å². The number of carbonyl (C=O) groups excluding carboxylic acids is 4. The quantitative estimate of drug-likeness (QED) is 0.269. The van der Waals surface area contributed by atoms with Gasteiger partial charge in [-0.3, -0.25) is 24.3 Å². The van der Waals surface area contributed by atoms with E-state index in [9.17, 15) is 19.2 Å². The van der Waals surface area contributed by atoms with Crippen LogP contribution in [0.4, 0.5) is 11.4 Å². The average Bonchev–Trinajstić information content (AvgIpc) is 3.41. The van der Waals surface area contributed by atoms with E-state index in [0.717, 1.165) is 0 Å². The van der Waals surface area contributed by atoms with Gasteiger partial charge in [0, 0.05) is 43.0 Å². The second kappa shape index (κ2) is 14.1. The van der Waals surface area contributed by atoms with Gasteiger partial charge in [-0.1, -0.05) is 41.4 Å². The van der Waals surface area contributed by atoms with E-state index in [4.69, 9.17) is 23.2 Å². The third kappa shape index (κ3) is 7.96. The van der Waals surface area contributed by atoms with Crippen LogP contribution in [0.2, 0.25) is 10.0 Å². The fourth-order valence-corrected chi connectivity index (χ4v) is 5.03. The first-order valence-corrected chi connectivity index (χ1v) is 14.0. The van der Waals surface area contributed by atoms with Crippen molar-refractivity contribution in [3.8, 4) is 0 Å². The molecule has 2 aromatic carbocycles. The molecule has 1 atom stereocenters. The van der Waals surface area contributed by atoms with E-state index in [1.807, 2.05) is 19.0 Å². The molecule has 0 radical (unpaired) electrons. The largest absolute Gasteiger partial charge is 0.346 e. The maximum Gasteiger partial charge on any atom is 0.271 e. The molecule has 1 aliphatic heterocycles. The van der Waals surface area contributed by atoms with Crippen molar-refractivity contribution in [3.05, 3.63) is 87.7 Å². The average molecular weight is 613 g/mol. The van der Waals surface area contributed by atoms with Gasteiger partial charge in [0.05, 0.1) is 27.5 Å². The van der Waals surface area contributed by atoms with Gasteiger partial charge >= 0.3 is 0 Å². The van der Waals surface area contributed by atoms with E-state index in [1.165, 1.54) is 12.3 Å². The van der Waals surface area contributed by atoms with Crippen LogP contribution in [0.3, 0.4) is 0 Å². The number of carbonyl (C=O) groups is 4. The van der Waals surface area contributed by atoms with Crippen molar-refractivity contribution in [2.45, 2.75) is 18.9 Å². The number of aromatic amines is 1. The van der Waals surface area contributed by atoms with Crippen molar-refractivity contribution in [2.75, 3.05) is 44.4 Å². The predicted octanol–water partition coefficient (Wildman–Crippen LogP) is 4.06. The highest BCUT2D eigenvalue weighted by atomic mass is 35.5. The number of rotatable bonds is 9. The molecule has 1 fully saturated rings. The summed E-state index contributed by atoms with van der Waals surface area (Å²) in [5, 5.41) is 15.2. The highest BCUT2D eigenvalue weighted by Crippen LogP contribution is 2.26. The lowest BCUT2D eigenvalue weighted by atomic mass is 10.0. The first-order valence-electron chi connectivity index (χ1n) is 13.2. The molecule has 42 heavy (non-hydrogen) atoms. The molecule has 2 heterocycles. The highest BCUT2D eigenvalue weighted by molar-refractivity contribution is 6.40. The summed E-state index contributed by atoms with van der Waals surface area (Å²) in [6.45, 7) is 1.45. The number of nitrogens with one attached hydrogen (secondary N) is 4. The molecule has 220 valence electrons. The second-order valence-electron chi connectivity index (χ2n) is 10.0. The highest BCUT2D eigenvalue weighted by Gasteiger charge is 2.27. The Bertz CT molecular complexity index is 1480. The Kier molecular flexibility index (Phi) is 10.3. The molecular formula is C29H31Cl2N7O4.